The molecule has 0 saturated heterocycles. The fraction of sp³-hybridized carbons (Fsp3) is 0.818. The third-order valence-electron chi connectivity index (χ3n) is 2.56. The number of nitrogens with one attached hydrogen (secondary N) is 2. The normalized spacial score (nSPS) is 14.0. The van der Waals surface area contributed by atoms with Gasteiger partial charge in [-0.1, -0.05) is 27.2 Å². The smallest absolute Gasteiger partial charge is 0.239 e. The first kappa shape index (κ1) is 14.9. The van der Waals surface area contributed by atoms with Crippen molar-refractivity contribution < 1.29 is 9.59 Å². The lowest BCUT2D eigenvalue weighted by molar-refractivity contribution is -0.127. The summed E-state index contributed by atoms with van der Waals surface area (Å²) < 4.78 is 0. The van der Waals surface area contributed by atoms with Gasteiger partial charge in [-0.15, -0.1) is 0 Å². The molecule has 2 atom stereocenters. The van der Waals surface area contributed by atoms with Crippen molar-refractivity contribution in [3.63, 3.8) is 0 Å². The van der Waals surface area contributed by atoms with E-state index in [2.05, 4.69) is 10.6 Å². The average molecular weight is 229 g/mol. The van der Waals surface area contributed by atoms with Crippen molar-refractivity contribution in [3.05, 3.63) is 0 Å². The molecule has 94 valence electrons. The van der Waals surface area contributed by atoms with Gasteiger partial charge in [0.25, 0.3) is 0 Å². The Labute approximate surface area is 97.2 Å². The van der Waals surface area contributed by atoms with Crippen LogP contribution >= 0.6 is 0 Å². The summed E-state index contributed by atoms with van der Waals surface area (Å²) in [6.45, 7) is 6.50. The molecule has 0 aromatic carbocycles. The molecular formula is C11H23N3O2. The molecule has 2 unspecified atom stereocenters. The predicted molar refractivity (Wildman–Crippen MR) is 63.7 cm³/mol. The first-order chi connectivity index (χ1) is 7.52. The highest BCUT2D eigenvalue weighted by molar-refractivity contribution is 5.87. The van der Waals surface area contributed by atoms with E-state index in [0.29, 0.717) is 6.54 Å². The lowest BCUT2D eigenvalue weighted by Crippen LogP contribution is -2.47. The number of hydrogen-bond acceptors (Lipinski definition) is 3. The molecule has 0 saturated carbocycles. The first-order valence-corrected chi connectivity index (χ1v) is 5.82. The van der Waals surface area contributed by atoms with Crippen LogP contribution in [-0.2, 0) is 9.59 Å². The highest BCUT2D eigenvalue weighted by atomic mass is 16.2. The quantitative estimate of drug-likeness (QED) is 0.574. The second kappa shape index (κ2) is 8.10. The Morgan fingerprint density at radius 2 is 1.88 bits per heavy atom. The van der Waals surface area contributed by atoms with E-state index >= 15 is 0 Å². The molecular weight excluding hydrogens is 206 g/mol. The van der Waals surface area contributed by atoms with Crippen LogP contribution in [0.2, 0.25) is 0 Å². The van der Waals surface area contributed by atoms with Crippen LogP contribution in [0.15, 0.2) is 0 Å². The monoisotopic (exact) mass is 229 g/mol. The summed E-state index contributed by atoms with van der Waals surface area (Å²) in [6, 6.07) is -0.538. The minimum Gasteiger partial charge on any atom is -0.355 e. The Bertz CT molecular complexity index is 231. The van der Waals surface area contributed by atoms with Gasteiger partial charge >= 0.3 is 0 Å². The molecule has 0 aliphatic rings. The summed E-state index contributed by atoms with van der Waals surface area (Å²) in [5, 5.41) is 5.21. The van der Waals surface area contributed by atoms with Gasteiger partial charge < -0.3 is 16.4 Å². The van der Waals surface area contributed by atoms with E-state index in [1.807, 2.05) is 20.8 Å². The first-order valence-electron chi connectivity index (χ1n) is 5.82. The summed E-state index contributed by atoms with van der Waals surface area (Å²) in [6.07, 6.45) is 1.72. The van der Waals surface area contributed by atoms with Gasteiger partial charge in [0.2, 0.25) is 11.8 Å². The Morgan fingerprint density at radius 1 is 1.25 bits per heavy atom. The Balaban J connectivity index is 3.84. The Morgan fingerprint density at radius 3 is 2.38 bits per heavy atom. The van der Waals surface area contributed by atoms with Crippen LogP contribution in [0, 0.1) is 5.92 Å². The van der Waals surface area contributed by atoms with E-state index in [1.165, 1.54) is 0 Å². The second-order valence-electron chi connectivity index (χ2n) is 3.98. The van der Waals surface area contributed by atoms with E-state index < -0.39 is 6.04 Å². The van der Waals surface area contributed by atoms with Crippen LogP contribution in [0.5, 0.6) is 0 Å². The zero-order chi connectivity index (χ0) is 12.6. The fourth-order valence-electron chi connectivity index (χ4n) is 1.12. The fourth-order valence-corrected chi connectivity index (χ4v) is 1.12. The van der Waals surface area contributed by atoms with E-state index in [4.69, 9.17) is 5.73 Å². The molecule has 0 radical (unpaired) electrons. The van der Waals surface area contributed by atoms with Crippen molar-refractivity contribution in [2.45, 2.75) is 39.7 Å². The van der Waals surface area contributed by atoms with Crippen molar-refractivity contribution in [3.8, 4) is 0 Å². The summed E-state index contributed by atoms with van der Waals surface area (Å²) >= 11 is 0. The highest BCUT2D eigenvalue weighted by Crippen LogP contribution is 2.04. The van der Waals surface area contributed by atoms with Gasteiger partial charge in [-0.05, 0) is 12.3 Å². The Hall–Kier alpha value is -1.10. The van der Waals surface area contributed by atoms with Crippen LogP contribution in [0.25, 0.3) is 0 Å². The van der Waals surface area contributed by atoms with Crippen LogP contribution in [-0.4, -0.2) is 30.9 Å². The summed E-state index contributed by atoms with van der Waals surface area (Å²) in [4.78, 5) is 22.7. The van der Waals surface area contributed by atoms with Gasteiger partial charge in [0.15, 0.2) is 0 Å². The Kier molecular flexibility index (Phi) is 7.54. The molecule has 0 bridgehead atoms. The minimum atomic E-state index is -0.538. The summed E-state index contributed by atoms with van der Waals surface area (Å²) in [5.41, 5.74) is 5.71. The van der Waals surface area contributed by atoms with Crippen molar-refractivity contribution in [1.29, 1.82) is 0 Å². The number of nitrogens with two attached hydrogens (primary N) is 1. The lowest BCUT2D eigenvalue weighted by Gasteiger charge is -2.17. The third-order valence-corrected chi connectivity index (χ3v) is 2.56. The standard InChI is InChI=1S/C11H23N3O2/c1-4-6-13-9(15)7-14-11(16)10(12)8(3)5-2/h8,10H,4-7,12H2,1-3H3,(H,13,15)(H,14,16). The predicted octanol–water partition coefficient (Wildman–Crippen LogP) is 0.00220. The number of carbonyl (C=O) groups is 2. The summed E-state index contributed by atoms with van der Waals surface area (Å²) in [7, 11) is 0. The van der Waals surface area contributed by atoms with E-state index in [9.17, 15) is 9.59 Å². The molecule has 0 rings (SSSR count). The summed E-state index contributed by atoms with van der Waals surface area (Å²) in [5.74, 6) is -0.314. The molecule has 5 heteroatoms. The molecule has 0 spiro atoms. The van der Waals surface area contributed by atoms with Crippen molar-refractivity contribution in [2.24, 2.45) is 11.7 Å². The SMILES string of the molecule is CCCNC(=O)CNC(=O)C(N)C(C)CC. The second-order valence-corrected chi connectivity index (χ2v) is 3.98. The van der Waals surface area contributed by atoms with Crippen molar-refractivity contribution >= 4 is 11.8 Å². The number of hydrogen-bond donors (Lipinski definition) is 3. The van der Waals surface area contributed by atoms with Gasteiger partial charge in [0.1, 0.15) is 0 Å². The van der Waals surface area contributed by atoms with Crippen LogP contribution < -0.4 is 16.4 Å². The van der Waals surface area contributed by atoms with E-state index in [0.717, 1.165) is 12.8 Å². The molecule has 4 N–H and O–H groups in total. The average Bonchev–Trinajstić information content (AvgIpc) is 2.31. The van der Waals surface area contributed by atoms with Gasteiger partial charge in [0.05, 0.1) is 12.6 Å². The largest absolute Gasteiger partial charge is 0.355 e. The maximum Gasteiger partial charge on any atom is 0.239 e. The molecule has 2 amide bonds. The van der Waals surface area contributed by atoms with Gasteiger partial charge in [0, 0.05) is 6.54 Å². The molecule has 0 aliphatic heterocycles. The maximum absolute atomic E-state index is 11.5. The highest BCUT2D eigenvalue weighted by Gasteiger charge is 2.19. The molecule has 0 aromatic rings. The third kappa shape index (κ3) is 5.70. The van der Waals surface area contributed by atoms with Gasteiger partial charge in [-0.2, -0.15) is 0 Å². The molecule has 0 fully saturated rings. The molecule has 16 heavy (non-hydrogen) atoms. The molecule has 0 heterocycles. The van der Waals surface area contributed by atoms with Crippen LogP contribution in [0.4, 0.5) is 0 Å². The number of amides is 2. The van der Waals surface area contributed by atoms with E-state index in [-0.39, 0.29) is 24.3 Å². The van der Waals surface area contributed by atoms with Gasteiger partial charge in [-0.25, -0.2) is 0 Å². The van der Waals surface area contributed by atoms with Crippen molar-refractivity contribution in [2.75, 3.05) is 13.1 Å². The zero-order valence-corrected chi connectivity index (χ0v) is 10.4. The molecule has 0 aromatic heterocycles. The topological polar surface area (TPSA) is 84.2 Å². The minimum absolute atomic E-state index is 0.00294. The van der Waals surface area contributed by atoms with Crippen LogP contribution in [0.3, 0.4) is 0 Å². The van der Waals surface area contributed by atoms with Gasteiger partial charge in [-0.3, -0.25) is 9.59 Å². The number of carbonyl (C=O) groups excluding carboxylic acids is 2. The van der Waals surface area contributed by atoms with Crippen LogP contribution in [0.1, 0.15) is 33.6 Å². The van der Waals surface area contributed by atoms with E-state index in [1.54, 1.807) is 0 Å². The molecule has 5 nitrogen and oxygen atoms in total. The number of rotatable bonds is 7. The van der Waals surface area contributed by atoms with Crippen molar-refractivity contribution in [1.82, 2.24) is 10.6 Å². The lowest BCUT2D eigenvalue weighted by atomic mass is 9.99. The molecule has 0 aliphatic carbocycles. The zero-order valence-electron chi connectivity index (χ0n) is 10.4. The maximum atomic E-state index is 11.5.